The average molecular weight is 371 g/mol. The zero-order valence-electron chi connectivity index (χ0n) is 16.0. The Morgan fingerprint density at radius 2 is 1.00 bits per heavy atom. The topological polar surface area (TPSA) is 0 Å². The van der Waals surface area contributed by atoms with E-state index in [1.807, 2.05) is 0 Å². The molecule has 0 nitrogen and oxygen atoms in total. The Kier molecular flexibility index (Phi) is 6.76. The van der Waals surface area contributed by atoms with E-state index >= 15 is 0 Å². The summed E-state index contributed by atoms with van der Waals surface area (Å²) in [6.45, 7) is 2.21. The second kappa shape index (κ2) is 8.43. The summed E-state index contributed by atoms with van der Waals surface area (Å²) in [5, 5.41) is 0. The molecule has 140 valence electrons. The summed E-state index contributed by atoms with van der Waals surface area (Å²) in [5.74, 6) is -2.24. The zero-order chi connectivity index (χ0) is 16.9. The van der Waals surface area contributed by atoms with Crippen LogP contribution in [0, 0.1) is 0 Å². The molecular formula is C22H40ClP. The first-order chi connectivity index (χ1) is 11.7. The van der Waals surface area contributed by atoms with Gasteiger partial charge in [0.1, 0.15) is 0 Å². The first-order valence-corrected chi connectivity index (χ1v) is 14.6. The summed E-state index contributed by atoms with van der Waals surface area (Å²) < 4.78 is 0. The van der Waals surface area contributed by atoms with E-state index in [0.717, 1.165) is 17.0 Å². The minimum absolute atomic E-state index is 0.883. The van der Waals surface area contributed by atoms with E-state index in [1.54, 1.807) is 0 Å². The first-order valence-electron chi connectivity index (χ1n) is 11.0. The van der Waals surface area contributed by atoms with Gasteiger partial charge in [0.05, 0.1) is 0 Å². The van der Waals surface area contributed by atoms with E-state index in [2.05, 4.69) is 19.1 Å². The Balaban J connectivity index is 2.02. The van der Waals surface area contributed by atoms with Gasteiger partial charge in [-0.15, -0.1) is 0 Å². The summed E-state index contributed by atoms with van der Waals surface area (Å²) >= 11 is 8.29. The van der Waals surface area contributed by atoms with Crippen molar-refractivity contribution in [2.75, 3.05) is 6.16 Å². The van der Waals surface area contributed by atoms with Crippen molar-refractivity contribution in [3.8, 4) is 0 Å². The molecule has 3 saturated carbocycles. The molecule has 0 aromatic carbocycles. The van der Waals surface area contributed by atoms with E-state index < -0.39 is 5.96 Å². The van der Waals surface area contributed by atoms with Crippen molar-refractivity contribution in [1.82, 2.24) is 0 Å². The molecule has 0 aromatic heterocycles. The van der Waals surface area contributed by atoms with Crippen LogP contribution in [0.25, 0.3) is 0 Å². The van der Waals surface area contributed by atoms with Gasteiger partial charge in [0, 0.05) is 0 Å². The third-order valence-corrected chi connectivity index (χ3v) is 18.2. The van der Waals surface area contributed by atoms with Crippen LogP contribution in [0.1, 0.15) is 103 Å². The summed E-state index contributed by atoms with van der Waals surface area (Å²) in [4.78, 5) is 0. The summed E-state index contributed by atoms with van der Waals surface area (Å²) in [7, 11) is 0. The van der Waals surface area contributed by atoms with Gasteiger partial charge in [-0.05, 0) is 0 Å². The van der Waals surface area contributed by atoms with Gasteiger partial charge in [0.2, 0.25) is 0 Å². The van der Waals surface area contributed by atoms with E-state index in [0.29, 0.717) is 0 Å². The van der Waals surface area contributed by atoms with Crippen LogP contribution in [0.4, 0.5) is 0 Å². The molecule has 3 rings (SSSR count). The normalized spacial score (nSPS) is 28.0. The number of rotatable bonds is 5. The van der Waals surface area contributed by atoms with Crippen molar-refractivity contribution >= 4 is 17.2 Å². The second-order valence-electron chi connectivity index (χ2n) is 9.03. The Hall–Kier alpha value is 0.460. The molecule has 2 heteroatoms. The van der Waals surface area contributed by atoms with Crippen LogP contribution in [0.2, 0.25) is 0 Å². The molecule has 0 saturated heterocycles. The molecule has 24 heavy (non-hydrogen) atoms. The third-order valence-electron chi connectivity index (χ3n) is 7.90. The van der Waals surface area contributed by atoms with E-state index in [4.69, 9.17) is 11.2 Å². The molecule has 0 N–H and O–H groups in total. The van der Waals surface area contributed by atoms with Crippen LogP contribution in [0.15, 0.2) is 12.2 Å². The van der Waals surface area contributed by atoms with Gasteiger partial charge in [-0.1, -0.05) is 0 Å². The van der Waals surface area contributed by atoms with E-state index in [-0.39, 0.29) is 0 Å². The third kappa shape index (κ3) is 3.49. The van der Waals surface area contributed by atoms with Gasteiger partial charge in [0.15, 0.2) is 0 Å². The molecule has 0 aromatic rings. The molecule has 0 bridgehead atoms. The molecule has 0 atom stereocenters. The fourth-order valence-corrected chi connectivity index (χ4v) is 16.5. The molecule has 0 unspecified atom stereocenters. The predicted octanol–water partition coefficient (Wildman–Crippen LogP) is 8.27. The van der Waals surface area contributed by atoms with Gasteiger partial charge >= 0.3 is 156 Å². The minimum atomic E-state index is -2.24. The van der Waals surface area contributed by atoms with Crippen LogP contribution in [-0.4, -0.2) is 23.1 Å². The van der Waals surface area contributed by atoms with Crippen LogP contribution >= 0.6 is 17.2 Å². The van der Waals surface area contributed by atoms with E-state index in [9.17, 15) is 0 Å². The average Bonchev–Trinajstić information content (AvgIpc) is 2.68. The standard InChI is InChI=1S/C22H40ClP/c1-2-3-19-24(23,20-13-7-4-8-14-20,21-15-9-5-10-16-21)22-17-11-6-12-18-22/h2-3,20-22H,4-19H2,1H3. The fourth-order valence-electron chi connectivity index (χ4n) is 6.65. The number of hydrogen-bond acceptors (Lipinski definition) is 0. The zero-order valence-corrected chi connectivity index (χ0v) is 17.7. The number of allylic oxidation sites excluding steroid dienone is 2. The molecule has 0 radical (unpaired) electrons. The maximum atomic E-state index is 8.29. The van der Waals surface area contributed by atoms with Crippen LogP contribution in [0.5, 0.6) is 0 Å². The molecule has 3 aliphatic rings. The van der Waals surface area contributed by atoms with Gasteiger partial charge < -0.3 is 0 Å². The molecule has 3 aliphatic carbocycles. The van der Waals surface area contributed by atoms with Crippen molar-refractivity contribution in [2.24, 2.45) is 0 Å². The molecule has 0 amide bonds. The van der Waals surface area contributed by atoms with E-state index in [1.165, 1.54) is 102 Å². The summed E-state index contributed by atoms with van der Waals surface area (Å²) in [5.41, 5.74) is 2.65. The maximum absolute atomic E-state index is 8.29. The Bertz CT molecular complexity index is 363. The van der Waals surface area contributed by atoms with Crippen molar-refractivity contribution in [1.29, 1.82) is 0 Å². The molecule has 0 aliphatic heterocycles. The summed E-state index contributed by atoms with van der Waals surface area (Å²) in [6.07, 6.45) is 27.8. The molecule has 0 spiro atoms. The Morgan fingerprint density at radius 3 is 1.29 bits per heavy atom. The Morgan fingerprint density at radius 1 is 0.667 bits per heavy atom. The van der Waals surface area contributed by atoms with Crippen LogP contribution in [0.3, 0.4) is 0 Å². The van der Waals surface area contributed by atoms with Gasteiger partial charge in [0.25, 0.3) is 0 Å². The fraction of sp³-hybridized carbons (Fsp3) is 0.909. The molecule has 0 heterocycles. The molecule has 3 fully saturated rings. The van der Waals surface area contributed by atoms with Gasteiger partial charge in [-0.25, -0.2) is 0 Å². The number of hydrogen-bond donors (Lipinski definition) is 0. The molecular weight excluding hydrogens is 331 g/mol. The Labute approximate surface area is 155 Å². The van der Waals surface area contributed by atoms with Crippen molar-refractivity contribution in [3.63, 3.8) is 0 Å². The van der Waals surface area contributed by atoms with Crippen LogP contribution in [-0.2, 0) is 0 Å². The predicted molar refractivity (Wildman–Crippen MR) is 113 cm³/mol. The van der Waals surface area contributed by atoms with Crippen LogP contribution < -0.4 is 0 Å². The van der Waals surface area contributed by atoms with Crippen molar-refractivity contribution < 1.29 is 0 Å². The number of halogens is 1. The van der Waals surface area contributed by atoms with Crippen molar-refractivity contribution in [2.45, 2.75) is 120 Å². The quantitative estimate of drug-likeness (QED) is 0.337. The van der Waals surface area contributed by atoms with Gasteiger partial charge in [-0.2, -0.15) is 0 Å². The summed E-state index contributed by atoms with van der Waals surface area (Å²) in [6, 6.07) is 0. The van der Waals surface area contributed by atoms with Gasteiger partial charge in [-0.3, -0.25) is 0 Å². The van der Waals surface area contributed by atoms with Crippen molar-refractivity contribution in [3.05, 3.63) is 12.2 Å². The monoisotopic (exact) mass is 370 g/mol. The SMILES string of the molecule is CC=CCP(Cl)(C1CCCCC1)(C1CCCCC1)C1CCCCC1. The second-order valence-corrected chi connectivity index (χ2v) is 16.9. The first kappa shape index (κ1) is 19.2.